The summed E-state index contributed by atoms with van der Waals surface area (Å²) in [5.41, 5.74) is 9.62. The number of carbonyl (C=O) groups is 3. The van der Waals surface area contributed by atoms with Crippen LogP contribution in [0.15, 0.2) is 12.2 Å². The molecule has 2 saturated heterocycles. The molecule has 7 heteroatoms. The first-order chi connectivity index (χ1) is 10.4. The van der Waals surface area contributed by atoms with E-state index >= 15 is 0 Å². The SMILES string of the molecule is NC(=O)CCC1C=C[C@@]1(N)C(=O)N1CCCC12CCNC2=O. The maximum Gasteiger partial charge on any atom is 0.248 e. The van der Waals surface area contributed by atoms with Gasteiger partial charge in [0.25, 0.3) is 0 Å². The van der Waals surface area contributed by atoms with Gasteiger partial charge in [-0.1, -0.05) is 12.2 Å². The molecule has 0 aromatic carbocycles. The predicted molar refractivity (Wildman–Crippen MR) is 79.3 cm³/mol. The van der Waals surface area contributed by atoms with E-state index in [1.807, 2.05) is 6.08 Å². The van der Waals surface area contributed by atoms with Crippen LogP contribution in [0.5, 0.6) is 0 Å². The average Bonchev–Trinajstić information content (AvgIpc) is 3.04. The van der Waals surface area contributed by atoms with Crippen molar-refractivity contribution in [2.45, 2.75) is 43.2 Å². The zero-order valence-electron chi connectivity index (χ0n) is 12.5. The number of amides is 3. The third-order valence-corrected chi connectivity index (χ3v) is 5.27. The van der Waals surface area contributed by atoms with Crippen molar-refractivity contribution in [3.8, 4) is 0 Å². The van der Waals surface area contributed by atoms with Crippen molar-refractivity contribution in [3.05, 3.63) is 12.2 Å². The highest BCUT2D eigenvalue weighted by molar-refractivity contribution is 5.98. The lowest BCUT2D eigenvalue weighted by molar-refractivity contribution is -0.147. The summed E-state index contributed by atoms with van der Waals surface area (Å²) in [7, 11) is 0. The highest BCUT2D eigenvalue weighted by Gasteiger charge is 2.57. The average molecular weight is 306 g/mol. The molecule has 3 atom stereocenters. The van der Waals surface area contributed by atoms with Gasteiger partial charge in [0, 0.05) is 25.4 Å². The van der Waals surface area contributed by atoms with Gasteiger partial charge in [0.2, 0.25) is 17.7 Å². The molecule has 2 fully saturated rings. The number of nitrogens with zero attached hydrogens (tertiary/aromatic N) is 1. The van der Waals surface area contributed by atoms with E-state index in [0.29, 0.717) is 32.4 Å². The molecule has 0 aromatic heterocycles. The standard InChI is InChI=1S/C15H22N4O3/c16-11(20)3-2-10-4-6-15(10,17)13(22)19-9-1-5-14(19)7-8-18-12(14)21/h4,6,10H,1-3,5,7-9,17H2,(H2,16,20)(H,18,21)/t10?,14?,15-/m0/s1. The number of nitrogens with two attached hydrogens (primary N) is 2. The van der Waals surface area contributed by atoms with Gasteiger partial charge >= 0.3 is 0 Å². The van der Waals surface area contributed by atoms with E-state index in [4.69, 9.17) is 11.5 Å². The Morgan fingerprint density at radius 1 is 1.41 bits per heavy atom. The zero-order chi connectivity index (χ0) is 16.0. The third kappa shape index (κ3) is 2.03. The second-order valence-electron chi connectivity index (χ2n) is 6.50. The Hall–Kier alpha value is -1.89. The Kier molecular flexibility index (Phi) is 3.47. The second-order valence-corrected chi connectivity index (χ2v) is 6.50. The lowest BCUT2D eigenvalue weighted by atomic mass is 9.71. The second kappa shape index (κ2) is 5.08. The number of likely N-dealkylation sites (tertiary alicyclic amines) is 1. The minimum Gasteiger partial charge on any atom is -0.370 e. The Labute approximate surface area is 129 Å². The summed E-state index contributed by atoms with van der Waals surface area (Å²) in [6.45, 7) is 1.16. The van der Waals surface area contributed by atoms with E-state index in [0.717, 1.165) is 6.42 Å². The van der Waals surface area contributed by atoms with Gasteiger partial charge in [0.15, 0.2) is 0 Å². The van der Waals surface area contributed by atoms with Crippen molar-refractivity contribution >= 4 is 17.7 Å². The summed E-state index contributed by atoms with van der Waals surface area (Å²) in [6, 6.07) is 0. The van der Waals surface area contributed by atoms with Gasteiger partial charge in [-0.3, -0.25) is 14.4 Å². The molecule has 2 heterocycles. The van der Waals surface area contributed by atoms with Crippen LogP contribution in [0.2, 0.25) is 0 Å². The van der Waals surface area contributed by atoms with E-state index < -0.39 is 17.0 Å². The molecule has 7 nitrogen and oxygen atoms in total. The van der Waals surface area contributed by atoms with Crippen molar-refractivity contribution in [2.24, 2.45) is 17.4 Å². The summed E-state index contributed by atoms with van der Waals surface area (Å²) in [6.07, 6.45) is 6.33. The zero-order valence-corrected chi connectivity index (χ0v) is 12.5. The molecule has 0 radical (unpaired) electrons. The maximum atomic E-state index is 13.0. The van der Waals surface area contributed by atoms with Crippen molar-refractivity contribution < 1.29 is 14.4 Å². The van der Waals surface area contributed by atoms with Crippen molar-refractivity contribution in [1.82, 2.24) is 10.2 Å². The summed E-state index contributed by atoms with van der Waals surface area (Å²) < 4.78 is 0. The van der Waals surface area contributed by atoms with Crippen LogP contribution in [-0.4, -0.2) is 46.8 Å². The predicted octanol–water partition coefficient (Wildman–Crippen LogP) is -0.983. The molecule has 0 saturated carbocycles. The molecule has 5 N–H and O–H groups in total. The first kappa shape index (κ1) is 15.0. The highest BCUT2D eigenvalue weighted by atomic mass is 16.2. The smallest absolute Gasteiger partial charge is 0.248 e. The number of rotatable bonds is 4. The fourth-order valence-electron chi connectivity index (χ4n) is 3.87. The van der Waals surface area contributed by atoms with Crippen LogP contribution in [0, 0.1) is 5.92 Å². The first-order valence-corrected chi connectivity index (χ1v) is 7.77. The van der Waals surface area contributed by atoms with E-state index in [2.05, 4.69) is 5.32 Å². The lowest BCUT2D eigenvalue weighted by Crippen LogP contribution is -2.66. The third-order valence-electron chi connectivity index (χ3n) is 5.27. The molecular formula is C15H22N4O3. The molecule has 2 aliphatic heterocycles. The Balaban J connectivity index is 1.77. The number of hydrogen-bond acceptors (Lipinski definition) is 4. The van der Waals surface area contributed by atoms with Gasteiger partial charge < -0.3 is 21.7 Å². The fourth-order valence-corrected chi connectivity index (χ4v) is 3.87. The molecule has 3 amide bonds. The van der Waals surface area contributed by atoms with Crippen LogP contribution in [0.4, 0.5) is 0 Å². The fraction of sp³-hybridized carbons (Fsp3) is 0.667. The highest BCUT2D eigenvalue weighted by Crippen LogP contribution is 2.41. The van der Waals surface area contributed by atoms with Crippen molar-refractivity contribution in [3.63, 3.8) is 0 Å². The van der Waals surface area contributed by atoms with Gasteiger partial charge in [-0.2, -0.15) is 0 Å². The number of nitrogens with one attached hydrogen (secondary N) is 1. The topological polar surface area (TPSA) is 119 Å². The molecule has 1 spiro atoms. The van der Waals surface area contributed by atoms with Crippen LogP contribution in [0.25, 0.3) is 0 Å². The van der Waals surface area contributed by atoms with E-state index in [-0.39, 0.29) is 24.2 Å². The normalized spacial score (nSPS) is 36.5. The first-order valence-electron chi connectivity index (χ1n) is 7.77. The molecule has 3 aliphatic rings. The Bertz CT molecular complexity index is 557. The molecular weight excluding hydrogens is 284 g/mol. The van der Waals surface area contributed by atoms with Gasteiger partial charge in [-0.15, -0.1) is 0 Å². The van der Waals surface area contributed by atoms with Crippen molar-refractivity contribution in [2.75, 3.05) is 13.1 Å². The monoisotopic (exact) mass is 306 g/mol. The van der Waals surface area contributed by atoms with Gasteiger partial charge in [-0.05, 0) is 25.7 Å². The van der Waals surface area contributed by atoms with Crippen LogP contribution in [0.1, 0.15) is 32.1 Å². The van der Waals surface area contributed by atoms with Crippen LogP contribution < -0.4 is 16.8 Å². The number of carbonyl (C=O) groups excluding carboxylic acids is 3. The minimum absolute atomic E-state index is 0.0704. The summed E-state index contributed by atoms with van der Waals surface area (Å²) >= 11 is 0. The summed E-state index contributed by atoms with van der Waals surface area (Å²) in [5, 5.41) is 2.82. The molecule has 3 rings (SSSR count). The van der Waals surface area contributed by atoms with Gasteiger partial charge in [-0.25, -0.2) is 0 Å². The molecule has 1 aliphatic carbocycles. The molecule has 120 valence electrons. The molecule has 0 bridgehead atoms. The summed E-state index contributed by atoms with van der Waals surface area (Å²) in [4.78, 5) is 37.8. The van der Waals surface area contributed by atoms with Crippen LogP contribution >= 0.6 is 0 Å². The Morgan fingerprint density at radius 2 is 2.18 bits per heavy atom. The largest absolute Gasteiger partial charge is 0.370 e. The van der Waals surface area contributed by atoms with E-state index in [1.165, 1.54) is 0 Å². The van der Waals surface area contributed by atoms with Gasteiger partial charge in [0.1, 0.15) is 11.1 Å². The van der Waals surface area contributed by atoms with Crippen molar-refractivity contribution in [1.29, 1.82) is 0 Å². The van der Waals surface area contributed by atoms with E-state index in [9.17, 15) is 14.4 Å². The quantitative estimate of drug-likeness (QED) is 0.578. The number of primary amides is 1. The van der Waals surface area contributed by atoms with E-state index in [1.54, 1.807) is 11.0 Å². The van der Waals surface area contributed by atoms with Gasteiger partial charge in [0.05, 0.1) is 0 Å². The van der Waals surface area contributed by atoms with Crippen LogP contribution in [-0.2, 0) is 14.4 Å². The number of hydrogen-bond donors (Lipinski definition) is 3. The lowest BCUT2D eigenvalue weighted by Gasteiger charge is -2.44. The molecule has 0 aromatic rings. The molecule has 2 unspecified atom stereocenters. The van der Waals surface area contributed by atoms with Crippen LogP contribution in [0.3, 0.4) is 0 Å². The minimum atomic E-state index is -1.12. The summed E-state index contributed by atoms with van der Waals surface area (Å²) in [5.74, 6) is -0.879. The Morgan fingerprint density at radius 3 is 2.73 bits per heavy atom. The maximum absolute atomic E-state index is 13.0. The molecule has 22 heavy (non-hydrogen) atoms.